The molecule has 1 aromatic heterocycles. The van der Waals surface area contributed by atoms with E-state index < -0.39 is 16.4 Å². The second kappa shape index (κ2) is 5.77. The zero-order valence-electron chi connectivity index (χ0n) is 15.8. The highest BCUT2D eigenvalue weighted by Crippen LogP contribution is 2.65. The minimum atomic E-state index is -1.15. The first kappa shape index (κ1) is 18.3. The van der Waals surface area contributed by atoms with Crippen LogP contribution in [-0.4, -0.2) is 35.8 Å². The van der Waals surface area contributed by atoms with Gasteiger partial charge in [-0.2, -0.15) is 4.99 Å². The fourth-order valence-corrected chi connectivity index (χ4v) is 5.03. The summed E-state index contributed by atoms with van der Waals surface area (Å²) < 4.78 is 12.8. The fourth-order valence-electron chi connectivity index (χ4n) is 4.03. The number of thiazole rings is 1. The summed E-state index contributed by atoms with van der Waals surface area (Å²) in [6, 6.07) is 0. The third-order valence-corrected chi connectivity index (χ3v) is 7.63. The molecule has 0 radical (unpaired) electrons. The molecule has 25 heavy (non-hydrogen) atoms. The van der Waals surface area contributed by atoms with E-state index in [-0.39, 0.29) is 11.9 Å². The summed E-state index contributed by atoms with van der Waals surface area (Å²) in [4.78, 5) is 31.7. The predicted molar refractivity (Wildman–Crippen MR) is 94.2 cm³/mol. The van der Waals surface area contributed by atoms with E-state index in [0.29, 0.717) is 30.8 Å². The quantitative estimate of drug-likeness (QED) is 0.767. The molecule has 0 spiro atoms. The number of aryl methyl sites for hydroxylation is 1. The Labute approximate surface area is 151 Å². The van der Waals surface area contributed by atoms with Gasteiger partial charge >= 0.3 is 5.97 Å². The monoisotopic (exact) mass is 366 g/mol. The van der Waals surface area contributed by atoms with Gasteiger partial charge in [-0.15, -0.1) is 11.3 Å². The van der Waals surface area contributed by atoms with Crippen LogP contribution in [0, 0.1) is 24.7 Å². The average molecular weight is 366 g/mol. The van der Waals surface area contributed by atoms with Crippen LogP contribution in [0.4, 0.5) is 0 Å². The highest BCUT2D eigenvalue weighted by molar-refractivity contribution is 7.09. The van der Waals surface area contributed by atoms with E-state index in [1.54, 1.807) is 7.11 Å². The van der Waals surface area contributed by atoms with Crippen LogP contribution in [0.1, 0.15) is 44.2 Å². The topological polar surface area (TPSA) is 69.9 Å². The molecule has 2 atom stereocenters. The number of aromatic nitrogens is 1. The van der Waals surface area contributed by atoms with Crippen LogP contribution in [-0.2, 0) is 25.6 Å². The molecule has 1 aromatic rings. The molecule has 2 bridgehead atoms. The number of fused-ring (bicyclic) bond motifs is 2. The number of ether oxygens (including phenoxy) is 2. The third-order valence-electron chi connectivity index (χ3n) is 6.53. The molecule has 1 saturated heterocycles. The lowest BCUT2D eigenvalue weighted by atomic mass is 9.66. The molecule has 7 heteroatoms. The van der Waals surface area contributed by atoms with E-state index in [4.69, 9.17) is 9.47 Å². The summed E-state index contributed by atoms with van der Waals surface area (Å²) in [6.45, 7) is 11.0. The predicted octanol–water partition coefficient (Wildman–Crippen LogP) is 2.36. The van der Waals surface area contributed by atoms with E-state index >= 15 is 0 Å². The van der Waals surface area contributed by atoms with Crippen molar-refractivity contribution in [2.24, 2.45) is 15.8 Å². The van der Waals surface area contributed by atoms with Gasteiger partial charge in [-0.1, -0.05) is 13.8 Å². The maximum absolute atomic E-state index is 13.2. The van der Waals surface area contributed by atoms with Crippen LogP contribution in [0.15, 0.2) is 4.99 Å². The van der Waals surface area contributed by atoms with Crippen molar-refractivity contribution in [3.63, 3.8) is 0 Å². The van der Waals surface area contributed by atoms with E-state index in [2.05, 4.69) is 4.99 Å². The number of rotatable bonds is 4. The van der Waals surface area contributed by atoms with Gasteiger partial charge in [0.25, 0.3) is 5.91 Å². The van der Waals surface area contributed by atoms with E-state index in [0.717, 1.165) is 10.6 Å². The molecule has 0 aromatic carbocycles. The van der Waals surface area contributed by atoms with Gasteiger partial charge in [0.05, 0.1) is 12.0 Å². The molecule has 1 saturated carbocycles. The number of amides is 1. The molecule has 2 fully saturated rings. The summed E-state index contributed by atoms with van der Waals surface area (Å²) in [7, 11) is 1.65. The molecule has 1 aliphatic heterocycles. The lowest BCUT2D eigenvalue weighted by molar-refractivity contribution is -0.166. The van der Waals surface area contributed by atoms with Gasteiger partial charge in [0.2, 0.25) is 0 Å². The Balaban J connectivity index is 2.05. The second-order valence-electron chi connectivity index (χ2n) is 7.76. The van der Waals surface area contributed by atoms with Crippen LogP contribution in [0.25, 0.3) is 0 Å². The second-order valence-corrected chi connectivity index (χ2v) is 8.94. The first-order chi connectivity index (χ1) is 11.6. The summed E-state index contributed by atoms with van der Waals surface area (Å²) >= 11 is 1.48. The van der Waals surface area contributed by atoms with Gasteiger partial charge in [-0.3, -0.25) is 9.59 Å². The fraction of sp³-hybridized carbons (Fsp3) is 0.722. The van der Waals surface area contributed by atoms with Crippen LogP contribution in [0.2, 0.25) is 0 Å². The Morgan fingerprint density at radius 2 is 2.00 bits per heavy atom. The lowest BCUT2D eigenvalue weighted by Crippen LogP contribution is -2.47. The van der Waals surface area contributed by atoms with Gasteiger partial charge in [0, 0.05) is 29.6 Å². The number of carbonyl (C=O) groups excluding carboxylic acids is 2. The Kier molecular flexibility index (Phi) is 4.23. The van der Waals surface area contributed by atoms with Crippen molar-refractivity contribution in [1.82, 2.24) is 4.57 Å². The Morgan fingerprint density at radius 1 is 1.32 bits per heavy atom. The Bertz CT molecular complexity index is 806. The number of methoxy groups -OCH3 is 1. The Morgan fingerprint density at radius 3 is 2.52 bits per heavy atom. The molecule has 2 aliphatic rings. The first-order valence-corrected chi connectivity index (χ1v) is 9.41. The average Bonchev–Trinajstić information content (AvgIpc) is 2.98. The first-order valence-electron chi connectivity index (χ1n) is 8.59. The molecule has 3 rings (SSSR count). The zero-order valence-corrected chi connectivity index (χ0v) is 16.6. The van der Waals surface area contributed by atoms with Gasteiger partial charge in [0.15, 0.2) is 10.4 Å². The molecule has 1 aliphatic carbocycles. The Hall–Kier alpha value is -1.47. The molecule has 2 heterocycles. The number of hydrogen-bond donors (Lipinski definition) is 0. The van der Waals surface area contributed by atoms with Crippen molar-refractivity contribution in [3.8, 4) is 0 Å². The third kappa shape index (κ3) is 2.28. The molecule has 6 nitrogen and oxygen atoms in total. The maximum atomic E-state index is 13.2. The van der Waals surface area contributed by atoms with Crippen molar-refractivity contribution in [3.05, 3.63) is 15.4 Å². The van der Waals surface area contributed by atoms with Crippen LogP contribution in [0.3, 0.4) is 0 Å². The van der Waals surface area contributed by atoms with Crippen LogP contribution in [0.5, 0.6) is 0 Å². The minimum Gasteiger partial charge on any atom is -0.448 e. The molecule has 0 N–H and O–H groups in total. The summed E-state index contributed by atoms with van der Waals surface area (Å²) in [6.07, 6.45) is 1.19. The standard InChI is InChI=1S/C18H26N2O4S/c1-11-12(2)25-15(20(11)9-10-23-6)19-13(21)18-8-7-17(5,14(22)24-18)16(18,3)4/h7-10H2,1-6H3/t17-,18-/m0/s1. The molecule has 138 valence electrons. The molecule has 0 unspecified atom stereocenters. The number of nitrogens with zero attached hydrogens (tertiary/aromatic N) is 2. The smallest absolute Gasteiger partial charge is 0.313 e. The van der Waals surface area contributed by atoms with Gasteiger partial charge in [-0.05, 0) is 33.6 Å². The largest absolute Gasteiger partial charge is 0.448 e. The van der Waals surface area contributed by atoms with Gasteiger partial charge in [-0.25, -0.2) is 0 Å². The van der Waals surface area contributed by atoms with Crippen molar-refractivity contribution in [1.29, 1.82) is 0 Å². The number of carbonyl (C=O) groups is 2. The van der Waals surface area contributed by atoms with E-state index in [1.165, 1.54) is 11.3 Å². The van der Waals surface area contributed by atoms with E-state index in [9.17, 15) is 9.59 Å². The van der Waals surface area contributed by atoms with Crippen LogP contribution < -0.4 is 4.80 Å². The van der Waals surface area contributed by atoms with Gasteiger partial charge < -0.3 is 14.0 Å². The van der Waals surface area contributed by atoms with Gasteiger partial charge in [0.1, 0.15) is 0 Å². The van der Waals surface area contributed by atoms with E-state index in [1.807, 2.05) is 39.2 Å². The summed E-state index contributed by atoms with van der Waals surface area (Å²) in [5, 5.41) is 0. The van der Waals surface area contributed by atoms with Crippen molar-refractivity contribution in [2.45, 2.75) is 59.6 Å². The molecular weight excluding hydrogens is 340 g/mol. The lowest BCUT2D eigenvalue weighted by Gasteiger charge is -2.33. The summed E-state index contributed by atoms with van der Waals surface area (Å²) in [5.41, 5.74) is -1.27. The minimum absolute atomic E-state index is 0.280. The highest BCUT2D eigenvalue weighted by atomic mass is 32.1. The van der Waals surface area contributed by atoms with Crippen molar-refractivity contribution in [2.75, 3.05) is 13.7 Å². The number of hydrogen-bond acceptors (Lipinski definition) is 5. The summed E-state index contributed by atoms with van der Waals surface area (Å²) in [5.74, 6) is -0.627. The highest BCUT2D eigenvalue weighted by Gasteiger charge is 2.75. The SMILES string of the molecule is COCCn1c(C)c(C)sc1=NC(=O)[C@]12CC[C@@](C)(C(=O)O1)C2(C)C. The van der Waals surface area contributed by atoms with Crippen molar-refractivity contribution >= 4 is 23.2 Å². The number of esters is 1. The maximum Gasteiger partial charge on any atom is 0.313 e. The van der Waals surface area contributed by atoms with Crippen LogP contribution >= 0.6 is 11.3 Å². The zero-order chi connectivity index (χ0) is 18.6. The molecule has 1 amide bonds. The normalized spacial score (nSPS) is 30.8. The van der Waals surface area contributed by atoms with Crippen molar-refractivity contribution < 1.29 is 19.1 Å². The molecular formula is C18H26N2O4S.